The van der Waals surface area contributed by atoms with Crippen molar-refractivity contribution in [2.24, 2.45) is 0 Å². The Labute approximate surface area is 60.8 Å². The van der Waals surface area contributed by atoms with Gasteiger partial charge in [0.2, 0.25) is 0 Å². The van der Waals surface area contributed by atoms with Crippen LogP contribution in [-0.4, -0.2) is 23.4 Å². The van der Waals surface area contributed by atoms with E-state index in [9.17, 15) is 0 Å². The van der Waals surface area contributed by atoms with Crippen molar-refractivity contribution >= 4 is 17.3 Å². The van der Waals surface area contributed by atoms with Gasteiger partial charge in [-0.15, -0.1) is 0 Å². The summed E-state index contributed by atoms with van der Waals surface area (Å²) in [4.78, 5) is 0. The van der Waals surface area contributed by atoms with Crippen molar-refractivity contribution in [2.45, 2.75) is 25.9 Å². The molecular formula is C6H12O2S. The van der Waals surface area contributed by atoms with E-state index in [1.165, 1.54) is 7.11 Å². The quantitative estimate of drug-likeness (QED) is 0.608. The molecule has 0 aliphatic carbocycles. The highest BCUT2D eigenvalue weighted by atomic mass is 32.1. The van der Waals surface area contributed by atoms with Gasteiger partial charge in [-0.2, -0.15) is 0 Å². The van der Waals surface area contributed by atoms with Crippen molar-refractivity contribution in [3.05, 3.63) is 0 Å². The van der Waals surface area contributed by atoms with E-state index in [1.807, 2.05) is 6.92 Å². The number of hydrogen-bond acceptors (Lipinski definition) is 3. The Bertz CT molecular complexity index is 93.1. The summed E-state index contributed by atoms with van der Waals surface area (Å²) in [5.74, 6) is 0. The summed E-state index contributed by atoms with van der Waals surface area (Å²) in [6, 6.07) is 0. The summed E-state index contributed by atoms with van der Waals surface area (Å²) < 4.78 is 4.65. The molecule has 0 heterocycles. The van der Waals surface area contributed by atoms with E-state index in [2.05, 4.69) is 17.0 Å². The lowest BCUT2D eigenvalue weighted by molar-refractivity contribution is 0.199. The summed E-state index contributed by atoms with van der Waals surface area (Å²) in [5.41, 5.74) is 0. The van der Waals surface area contributed by atoms with Crippen LogP contribution in [0.25, 0.3) is 0 Å². The van der Waals surface area contributed by atoms with E-state index in [4.69, 9.17) is 5.11 Å². The lowest BCUT2D eigenvalue weighted by Crippen LogP contribution is -2.19. The molecule has 0 aromatic rings. The summed E-state index contributed by atoms with van der Waals surface area (Å²) in [6.07, 6.45) is 1.05. The summed E-state index contributed by atoms with van der Waals surface area (Å²) in [7, 11) is 1.47. The average molecular weight is 148 g/mol. The molecule has 0 fully saturated rings. The van der Waals surface area contributed by atoms with Crippen LogP contribution in [0.15, 0.2) is 0 Å². The first-order valence-electron chi connectivity index (χ1n) is 2.98. The summed E-state index contributed by atoms with van der Waals surface area (Å²) in [5, 5.41) is 9.34. The van der Waals surface area contributed by atoms with E-state index in [1.54, 1.807) is 0 Å². The first-order chi connectivity index (χ1) is 4.22. The fourth-order valence-corrected chi connectivity index (χ4v) is 0.645. The van der Waals surface area contributed by atoms with Crippen LogP contribution in [-0.2, 0) is 4.74 Å². The molecule has 0 aromatic carbocycles. The Balaban J connectivity index is 3.45. The smallest absolute Gasteiger partial charge is 0.188 e. The Morgan fingerprint density at radius 2 is 2.33 bits per heavy atom. The Kier molecular flexibility index (Phi) is 4.62. The van der Waals surface area contributed by atoms with Gasteiger partial charge in [-0.3, -0.25) is 0 Å². The molecular weight excluding hydrogens is 136 g/mol. The molecule has 0 radical (unpaired) electrons. The second-order valence-corrected chi connectivity index (χ2v) is 2.23. The molecule has 3 heteroatoms. The first-order valence-corrected chi connectivity index (χ1v) is 3.39. The molecule has 0 saturated carbocycles. The third-order valence-electron chi connectivity index (χ3n) is 1.04. The molecule has 9 heavy (non-hydrogen) atoms. The van der Waals surface area contributed by atoms with E-state index in [-0.39, 0.29) is 5.05 Å². The molecule has 1 atom stereocenters. The van der Waals surface area contributed by atoms with Gasteiger partial charge in [-0.05, 0) is 18.6 Å². The predicted octanol–water partition coefficient (Wildman–Crippen LogP) is 1.12. The maximum Gasteiger partial charge on any atom is 0.188 e. The molecule has 0 unspecified atom stereocenters. The molecule has 0 bridgehead atoms. The van der Waals surface area contributed by atoms with E-state index >= 15 is 0 Å². The summed E-state index contributed by atoms with van der Waals surface area (Å²) >= 11 is 4.67. The van der Waals surface area contributed by atoms with Crippen LogP contribution in [0, 0.1) is 0 Å². The standard InChI is InChI=1S/C6H12O2S/c1-3-4-5(7)6(9)8-2/h5,7H,3-4H2,1-2H3/t5-/m0/s1. The van der Waals surface area contributed by atoms with Crippen LogP contribution in [0.2, 0.25) is 0 Å². The number of methoxy groups -OCH3 is 1. The number of ether oxygens (including phenoxy) is 1. The predicted molar refractivity (Wildman–Crippen MR) is 40.5 cm³/mol. The van der Waals surface area contributed by atoms with Crippen molar-refractivity contribution in [2.75, 3.05) is 7.11 Å². The van der Waals surface area contributed by atoms with Crippen LogP contribution in [0.4, 0.5) is 0 Å². The molecule has 0 aliphatic rings. The summed E-state index contributed by atoms with van der Waals surface area (Å²) in [6.45, 7) is 1.99. The van der Waals surface area contributed by atoms with Gasteiger partial charge in [0.1, 0.15) is 6.10 Å². The average Bonchev–Trinajstić information content (AvgIpc) is 1.87. The molecule has 0 spiro atoms. The Morgan fingerprint density at radius 1 is 1.78 bits per heavy atom. The zero-order chi connectivity index (χ0) is 7.28. The fraction of sp³-hybridized carbons (Fsp3) is 0.833. The van der Waals surface area contributed by atoms with Gasteiger partial charge in [-0.25, -0.2) is 0 Å². The van der Waals surface area contributed by atoms with Crippen LogP contribution in [0.3, 0.4) is 0 Å². The number of thiocarbonyl (C=S) groups is 1. The number of hydrogen-bond donors (Lipinski definition) is 1. The van der Waals surface area contributed by atoms with Gasteiger partial charge < -0.3 is 9.84 Å². The van der Waals surface area contributed by atoms with Crippen molar-refractivity contribution in [3.63, 3.8) is 0 Å². The van der Waals surface area contributed by atoms with Crippen LogP contribution in [0.5, 0.6) is 0 Å². The fourth-order valence-electron chi connectivity index (χ4n) is 0.527. The third-order valence-corrected chi connectivity index (χ3v) is 1.47. The number of aliphatic hydroxyl groups excluding tert-OH is 1. The van der Waals surface area contributed by atoms with Crippen molar-refractivity contribution in [1.29, 1.82) is 0 Å². The molecule has 0 amide bonds. The van der Waals surface area contributed by atoms with E-state index < -0.39 is 6.10 Å². The van der Waals surface area contributed by atoms with Crippen LogP contribution >= 0.6 is 12.2 Å². The molecule has 54 valence electrons. The van der Waals surface area contributed by atoms with Crippen molar-refractivity contribution < 1.29 is 9.84 Å². The minimum absolute atomic E-state index is 0.289. The highest BCUT2D eigenvalue weighted by Gasteiger charge is 2.07. The van der Waals surface area contributed by atoms with Gasteiger partial charge in [0, 0.05) is 0 Å². The SMILES string of the molecule is CCC[C@H](O)C(=S)OC. The molecule has 2 nitrogen and oxygen atoms in total. The zero-order valence-electron chi connectivity index (χ0n) is 5.76. The maximum atomic E-state index is 9.05. The number of aliphatic hydroxyl groups is 1. The zero-order valence-corrected chi connectivity index (χ0v) is 6.57. The van der Waals surface area contributed by atoms with Crippen LogP contribution < -0.4 is 0 Å². The Morgan fingerprint density at radius 3 is 2.67 bits per heavy atom. The highest BCUT2D eigenvalue weighted by Crippen LogP contribution is 1.98. The topological polar surface area (TPSA) is 29.5 Å². The maximum absolute atomic E-state index is 9.05. The molecule has 0 rings (SSSR count). The lowest BCUT2D eigenvalue weighted by atomic mass is 10.2. The van der Waals surface area contributed by atoms with Crippen molar-refractivity contribution in [3.8, 4) is 0 Å². The minimum Gasteiger partial charge on any atom is -0.488 e. The normalized spacial score (nSPS) is 12.8. The lowest BCUT2D eigenvalue weighted by Gasteiger charge is -2.07. The van der Waals surface area contributed by atoms with E-state index in [0.717, 1.165) is 6.42 Å². The van der Waals surface area contributed by atoms with Gasteiger partial charge >= 0.3 is 0 Å². The highest BCUT2D eigenvalue weighted by molar-refractivity contribution is 7.80. The first kappa shape index (κ1) is 8.85. The largest absolute Gasteiger partial charge is 0.488 e. The third kappa shape index (κ3) is 3.43. The van der Waals surface area contributed by atoms with Gasteiger partial charge in [-0.1, -0.05) is 13.3 Å². The number of rotatable bonds is 3. The van der Waals surface area contributed by atoms with Gasteiger partial charge in [0.05, 0.1) is 7.11 Å². The Hall–Kier alpha value is -0.150. The molecule has 1 N–H and O–H groups in total. The van der Waals surface area contributed by atoms with E-state index in [0.29, 0.717) is 6.42 Å². The van der Waals surface area contributed by atoms with Gasteiger partial charge in [0.15, 0.2) is 5.05 Å². The molecule has 0 saturated heterocycles. The monoisotopic (exact) mass is 148 g/mol. The second-order valence-electron chi connectivity index (χ2n) is 1.83. The van der Waals surface area contributed by atoms with Crippen LogP contribution in [0.1, 0.15) is 19.8 Å². The molecule has 0 aromatic heterocycles. The van der Waals surface area contributed by atoms with Crippen molar-refractivity contribution in [1.82, 2.24) is 0 Å². The van der Waals surface area contributed by atoms with Gasteiger partial charge in [0.25, 0.3) is 0 Å². The second kappa shape index (κ2) is 4.70. The molecule has 0 aliphatic heterocycles. The minimum atomic E-state index is -0.560.